The molecule has 1 aliphatic carbocycles. The number of rotatable bonds is 5. The fourth-order valence-corrected chi connectivity index (χ4v) is 2.19. The van der Waals surface area contributed by atoms with Gasteiger partial charge in [-0.15, -0.1) is 0 Å². The summed E-state index contributed by atoms with van der Waals surface area (Å²) in [6.45, 7) is 13.7. The van der Waals surface area contributed by atoms with Crippen LogP contribution in [0.15, 0.2) is 0 Å². The molecule has 16 heavy (non-hydrogen) atoms. The molecule has 0 saturated heterocycles. The lowest BCUT2D eigenvalue weighted by Gasteiger charge is -2.40. The molecule has 1 fully saturated rings. The normalized spacial score (nSPS) is 18.9. The van der Waals surface area contributed by atoms with Crippen LogP contribution >= 0.6 is 0 Å². The molecule has 2 nitrogen and oxygen atoms in total. The first-order valence-corrected chi connectivity index (χ1v) is 6.65. The minimum absolute atomic E-state index is 0.228. The molecule has 0 atom stereocenters. The summed E-state index contributed by atoms with van der Waals surface area (Å²) in [7, 11) is 2.28. The SMILES string of the molecule is CN(CC(C)(C)CNC(C)(C)C)C1CCC1. The molecule has 96 valence electrons. The van der Waals surface area contributed by atoms with Gasteiger partial charge >= 0.3 is 0 Å². The molecular formula is C14H30N2. The van der Waals surface area contributed by atoms with Crippen molar-refractivity contribution in [2.24, 2.45) is 5.41 Å². The summed E-state index contributed by atoms with van der Waals surface area (Å²) < 4.78 is 0. The van der Waals surface area contributed by atoms with Gasteiger partial charge in [0.1, 0.15) is 0 Å². The highest BCUT2D eigenvalue weighted by atomic mass is 15.1. The molecule has 0 spiro atoms. The highest BCUT2D eigenvalue weighted by Gasteiger charge is 2.28. The molecule has 0 unspecified atom stereocenters. The Morgan fingerprint density at radius 3 is 2.06 bits per heavy atom. The fraction of sp³-hybridized carbons (Fsp3) is 1.00. The maximum Gasteiger partial charge on any atom is 0.00967 e. The second-order valence-electron chi connectivity index (χ2n) is 7.27. The molecule has 1 aliphatic rings. The van der Waals surface area contributed by atoms with E-state index in [1.54, 1.807) is 0 Å². The number of nitrogens with zero attached hydrogens (tertiary/aromatic N) is 1. The molecule has 0 amide bonds. The van der Waals surface area contributed by atoms with Crippen molar-refractivity contribution in [3.63, 3.8) is 0 Å². The van der Waals surface area contributed by atoms with Gasteiger partial charge in [-0.1, -0.05) is 20.3 Å². The Kier molecular flexibility index (Phi) is 4.42. The monoisotopic (exact) mass is 226 g/mol. The zero-order chi connectivity index (χ0) is 12.4. The third-order valence-electron chi connectivity index (χ3n) is 3.47. The van der Waals surface area contributed by atoms with E-state index in [9.17, 15) is 0 Å². The Labute approximate surface area is 102 Å². The first-order chi connectivity index (χ1) is 7.20. The van der Waals surface area contributed by atoms with E-state index in [0.717, 1.165) is 12.6 Å². The summed E-state index contributed by atoms with van der Waals surface area (Å²) in [6.07, 6.45) is 4.23. The van der Waals surface area contributed by atoms with Crippen LogP contribution in [0.3, 0.4) is 0 Å². The molecule has 1 saturated carbocycles. The average molecular weight is 226 g/mol. The average Bonchev–Trinajstić information content (AvgIpc) is 1.95. The predicted molar refractivity (Wildman–Crippen MR) is 71.8 cm³/mol. The number of hydrogen-bond acceptors (Lipinski definition) is 2. The van der Waals surface area contributed by atoms with Gasteiger partial charge in [0, 0.05) is 24.7 Å². The van der Waals surface area contributed by atoms with Gasteiger partial charge in [0.2, 0.25) is 0 Å². The summed E-state index contributed by atoms with van der Waals surface area (Å²) in [4.78, 5) is 2.55. The minimum Gasteiger partial charge on any atom is -0.311 e. The zero-order valence-corrected chi connectivity index (χ0v) is 12.1. The Morgan fingerprint density at radius 1 is 1.12 bits per heavy atom. The Hall–Kier alpha value is -0.0800. The van der Waals surface area contributed by atoms with E-state index in [4.69, 9.17) is 0 Å². The molecule has 1 N–H and O–H groups in total. The summed E-state index contributed by atoms with van der Waals surface area (Å²) in [5, 5.41) is 3.62. The van der Waals surface area contributed by atoms with Gasteiger partial charge in [0.15, 0.2) is 0 Å². The molecule has 0 heterocycles. The van der Waals surface area contributed by atoms with Crippen molar-refractivity contribution in [2.45, 2.75) is 65.5 Å². The van der Waals surface area contributed by atoms with Gasteiger partial charge in [0.05, 0.1) is 0 Å². The van der Waals surface area contributed by atoms with Crippen molar-refractivity contribution >= 4 is 0 Å². The predicted octanol–water partition coefficient (Wildman–Crippen LogP) is 2.89. The van der Waals surface area contributed by atoms with E-state index in [1.807, 2.05) is 0 Å². The van der Waals surface area contributed by atoms with Gasteiger partial charge in [-0.05, 0) is 46.1 Å². The molecule has 1 rings (SSSR count). The number of hydrogen-bond donors (Lipinski definition) is 1. The summed E-state index contributed by atoms with van der Waals surface area (Å²) in [5.74, 6) is 0. The Balaban J connectivity index is 2.32. The van der Waals surface area contributed by atoms with E-state index >= 15 is 0 Å². The highest BCUT2D eigenvalue weighted by Crippen LogP contribution is 2.26. The molecule has 0 radical (unpaired) electrons. The van der Waals surface area contributed by atoms with Gasteiger partial charge in [-0.2, -0.15) is 0 Å². The van der Waals surface area contributed by atoms with Crippen molar-refractivity contribution in [1.82, 2.24) is 10.2 Å². The minimum atomic E-state index is 0.228. The van der Waals surface area contributed by atoms with Crippen LogP contribution in [-0.4, -0.2) is 36.6 Å². The Morgan fingerprint density at radius 2 is 1.69 bits per heavy atom. The van der Waals surface area contributed by atoms with Crippen LogP contribution in [-0.2, 0) is 0 Å². The maximum absolute atomic E-state index is 3.62. The van der Waals surface area contributed by atoms with Gasteiger partial charge in [0.25, 0.3) is 0 Å². The van der Waals surface area contributed by atoms with Crippen molar-refractivity contribution in [3.05, 3.63) is 0 Å². The largest absolute Gasteiger partial charge is 0.311 e. The molecule has 0 aromatic rings. The third kappa shape index (κ3) is 4.84. The Bertz CT molecular complexity index is 211. The second-order valence-corrected chi connectivity index (χ2v) is 7.27. The van der Waals surface area contributed by atoms with Crippen molar-refractivity contribution in [3.8, 4) is 0 Å². The first kappa shape index (κ1) is 14.0. The van der Waals surface area contributed by atoms with Crippen molar-refractivity contribution < 1.29 is 0 Å². The van der Waals surface area contributed by atoms with Crippen LogP contribution in [0.5, 0.6) is 0 Å². The van der Waals surface area contributed by atoms with Crippen LogP contribution in [0, 0.1) is 5.41 Å². The standard InChI is InChI=1S/C14H30N2/c1-13(2,3)15-10-14(4,5)11-16(6)12-8-7-9-12/h12,15H,7-11H2,1-6H3. The van der Waals surface area contributed by atoms with E-state index in [0.29, 0.717) is 5.41 Å². The molecule has 0 aliphatic heterocycles. The van der Waals surface area contributed by atoms with E-state index in [2.05, 4.69) is 51.9 Å². The van der Waals surface area contributed by atoms with Crippen LogP contribution in [0.2, 0.25) is 0 Å². The van der Waals surface area contributed by atoms with Crippen molar-refractivity contribution in [1.29, 1.82) is 0 Å². The first-order valence-electron chi connectivity index (χ1n) is 6.65. The van der Waals surface area contributed by atoms with Crippen LogP contribution < -0.4 is 5.32 Å². The van der Waals surface area contributed by atoms with Crippen LogP contribution in [0.4, 0.5) is 0 Å². The number of nitrogens with one attached hydrogen (secondary N) is 1. The highest BCUT2D eigenvalue weighted by molar-refractivity contribution is 4.84. The molecule has 2 heteroatoms. The van der Waals surface area contributed by atoms with Gasteiger partial charge < -0.3 is 10.2 Å². The summed E-state index contributed by atoms with van der Waals surface area (Å²) in [5.41, 5.74) is 0.587. The van der Waals surface area contributed by atoms with Gasteiger partial charge in [-0.3, -0.25) is 0 Å². The van der Waals surface area contributed by atoms with E-state index < -0.39 is 0 Å². The fourth-order valence-electron chi connectivity index (χ4n) is 2.19. The second kappa shape index (κ2) is 5.05. The van der Waals surface area contributed by atoms with E-state index in [1.165, 1.54) is 25.8 Å². The molecule has 0 aromatic heterocycles. The van der Waals surface area contributed by atoms with Crippen molar-refractivity contribution in [2.75, 3.05) is 20.1 Å². The smallest absolute Gasteiger partial charge is 0.00967 e. The maximum atomic E-state index is 3.62. The lowest BCUT2D eigenvalue weighted by molar-refractivity contribution is 0.105. The lowest BCUT2D eigenvalue weighted by Crippen LogP contribution is -2.48. The van der Waals surface area contributed by atoms with E-state index in [-0.39, 0.29) is 5.54 Å². The summed E-state index contributed by atoms with van der Waals surface area (Å²) >= 11 is 0. The quantitative estimate of drug-likeness (QED) is 0.775. The third-order valence-corrected chi connectivity index (χ3v) is 3.47. The van der Waals surface area contributed by atoms with Crippen LogP contribution in [0.1, 0.15) is 53.9 Å². The lowest BCUT2D eigenvalue weighted by atomic mass is 9.87. The van der Waals surface area contributed by atoms with Gasteiger partial charge in [-0.25, -0.2) is 0 Å². The zero-order valence-electron chi connectivity index (χ0n) is 12.1. The molecule has 0 bridgehead atoms. The topological polar surface area (TPSA) is 15.3 Å². The molecular weight excluding hydrogens is 196 g/mol. The molecule has 0 aromatic carbocycles. The summed E-state index contributed by atoms with van der Waals surface area (Å²) in [6, 6.07) is 0.855. The van der Waals surface area contributed by atoms with Crippen LogP contribution in [0.25, 0.3) is 0 Å².